The molecule has 0 spiro atoms. The lowest BCUT2D eigenvalue weighted by atomic mass is 9.96. The van der Waals surface area contributed by atoms with E-state index in [1.165, 1.54) is 12.3 Å². The summed E-state index contributed by atoms with van der Waals surface area (Å²) in [5.41, 5.74) is 2.17. The number of hydrogen-bond acceptors (Lipinski definition) is 3. The van der Waals surface area contributed by atoms with E-state index < -0.39 is 11.4 Å². The van der Waals surface area contributed by atoms with Gasteiger partial charge in [0.15, 0.2) is 5.43 Å². The van der Waals surface area contributed by atoms with Crippen molar-refractivity contribution >= 4 is 5.97 Å². The summed E-state index contributed by atoms with van der Waals surface area (Å²) in [6.07, 6.45) is 2.32. The topological polar surface area (TPSA) is 68.5 Å². The van der Waals surface area contributed by atoms with Gasteiger partial charge in [-0.2, -0.15) is 0 Å². The van der Waals surface area contributed by atoms with Crippen molar-refractivity contribution < 1.29 is 14.6 Å². The van der Waals surface area contributed by atoms with Crippen molar-refractivity contribution in [1.82, 2.24) is 4.57 Å². The van der Waals surface area contributed by atoms with Gasteiger partial charge in [-0.25, -0.2) is 4.79 Å². The molecule has 0 saturated carbocycles. The number of aryl methyl sites for hydroxylation is 2. The molecular weight excluding hydrogens is 282 g/mol. The fourth-order valence-electron chi connectivity index (χ4n) is 2.77. The second-order valence-corrected chi connectivity index (χ2v) is 5.67. The van der Waals surface area contributed by atoms with Crippen LogP contribution in [0.25, 0.3) is 11.3 Å². The smallest absolute Gasteiger partial charge is 0.341 e. The molecule has 1 N–H and O–H groups in total. The van der Waals surface area contributed by atoms with Crippen molar-refractivity contribution in [3.8, 4) is 17.0 Å². The van der Waals surface area contributed by atoms with Crippen LogP contribution in [0.4, 0.5) is 0 Å². The molecule has 0 aliphatic carbocycles. The minimum atomic E-state index is -1.19. The van der Waals surface area contributed by atoms with E-state index in [2.05, 4.69) is 0 Å². The van der Waals surface area contributed by atoms with Crippen LogP contribution in [0.3, 0.4) is 0 Å². The molecule has 5 heteroatoms. The monoisotopic (exact) mass is 299 g/mol. The van der Waals surface area contributed by atoms with Gasteiger partial charge in [0.05, 0.1) is 11.8 Å². The molecule has 2 heterocycles. The highest BCUT2D eigenvalue weighted by Gasteiger charge is 2.19. The number of carboxylic acids is 1. The third-order valence-electron chi connectivity index (χ3n) is 3.70. The molecular formula is C17H17NO4. The number of nitrogens with zero attached hydrogens (tertiary/aromatic N) is 1. The van der Waals surface area contributed by atoms with E-state index in [1.807, 2.05) is 36.6 Å². The zero-order valence-corrected chi connectivity index (χ0v) is 12.5. The highest BCUT2D eigenvalue weighted by atomic mass is 16.5. The molecule has 5 nitrogen and oxygen atoms in total. The molecule has 1 aliphatic heterocycles. The van der Waals surface area contributed by atoms with Crippen LogP contribution in [0, 0.1) is 0 Å². The molecule has 0 unspecified atom stereocenters. The van der Waals surface area contributed by atoms with Gasteiger partial charge >= 0.3 is 5.97 Å². The van der Waals surface area contributed by atoms with Gasteiger partial charge in [0.25, 0.3) is 0 Å². The number of hydrogen-bond donors (Lipinski definition) is 1. The molecule has 0 fully saturated rings. The Kier molecular flexibility index (Phi) is 3.48. The number of carboxylic acid groups (broad SMARTS) is 1. The highest BCUT2D eigenvalue weighted by Crippen LogP contribution is 2.31. The zero-order valence-electron chi connectivity index (χ0n) is 12.5. The summed E-state index contributed by atoms with van der Waals surface area (Å²) in [5.74, 6) is -0.376. The first-order chi connectivity index (χ1) is 10.5. The third kappa shape index (κ3) is 2.50. The van der Waals surface area contributed by atoms with Gasteiger partial charge in [0, 0.05) is 24.4 Å². The lowest BCUT2D eigenvalue weighted by molar-refractivity contribution is 0.0694. The Morgan fingerprint density at radius 3 is 2.77 bits per heavy atom. The maximum Gasteiger partial charge on any atom is 0.341 e. The molecule has 0 amide bonds. The number of ether oxygens (including phenoxy) is 1. The number of fused-ring (bicyclic) bond motifs is 3. The predicted molar refractivity (Wildman–Crippen MR) is 82.6 cm³/mol. The number of carbonyl (C=O) groups is 1. The van der Waals surface area contributed by atoms with Crippen molar-refractivity contribution in [2.75, 3.05) is 0 Å². The average Bonchev–Trinajstić information content (AvgIpc) is 2.45. The van der Waals surface area contributed by atoms with E-state index in [0.29, 0.717) is 6.54 Å². The van der Waals surface area contributed by atoms with Crippen molar-refractivity contribution in [2.45, 2.75) is 32.9 Å². The van der Waals surface area contributed by atoms with Gasteiger partial charge in [0.2, 0.25) is 0 Å². The Hall–Kier alpha value is -2.56. The summed E-state index contributed by atoms with van der Waals surface area (Å²) in [6, 6.07) is 7.21. The van der Waals surface area contributed by atoms with Crippen LogP contribution in [0.15, 0.2) is 35.3 Å². The molecule has 0 bridgehead atoms. The zero-order chi connectivity index (χ0) is 15.9. The first-order valence-electron chi connectivity index (χ1n) is 7.23. The fraction of sp³-hybridized carbons (Fsp3) is 0.294. The van der Waals surface area contributed by atoms with Crippen molar-refractivity contribution in [2.24, 2.45) is 0 Å². The van der Waals surface area contributed by atoms with Gasteiger partial charge in [-0.15, -0.1) is 0 Å². The average molecular weight is 299 g/mol. The summed E-state index contributed by atoms with van der Waals surface area (Å²) in [5, 5.41) is 9.05. The first kappa shape index (κ1) is 14.4. The SMILES string of the molecule is CC(C)Oc1ccc2c(c1)CCn1cc(C(=O)O)c(=O)cc1-2. The maximum atomic E-state index is 11.9. The van der Waals surface area contributed by atoms with Crippen LogP contribution in [-0.2, 0) is 13.0 Å². The number of aromatic carboxylic acids is 1. The number of aromatic nitrogens is 1. The lowest BCUT2D eigenvalue weighted by Crippen LogP contribution is -2.21. The van der Waals surface area contributed by atoms with Gasteiger partial charge in [-0.05, 0) is 44.0 Å². The lowest BCUT2D eigenvalue weighted by Gasteiger charge is -2.23. The Morgan fingerprint density at radius 2 is 2.09 bits per heavy atom. The standard InChI is InChI=1S/C17H17NO4/c1-10(2)22-12-3-4-13-11(7-12)5-6-18-9-14(17(20)21)16(19)8-15(13)18/h3-4,7-10H,5-6H2,1-2H3,(H,20,21). The van der Waals surface area contributed by atoms with Crippen LogP contribution in [0.5, 0.6) is 5.75 Å². The fourth-order valence-corrected chi connectivity index (χ4v) is 2.77. The summed E-state index contributed by atoms with van der Waals surface area (Å²) < 4.78 is 7.53. The molecule has 1 aromatic heterocycles. The van der Waals surface area contributed by atoms with E-state index in [1.54, 1.807) is 0 Å². The minimum absolute atomic E-state index is 0.106. The van der Waals surface area contributed by atoms with Crippen molar-refractivity contribution in [1.29, 1.82) is 0 Å². The Labute approximate surface area is 127 Å². The summed E-state index contributed by atoms with van der Waals surface area (Å²) in [7, 11) is 0. The summed E-state index contributed by atoms with van der Waals surface area (Å²) >= 11 is 0. The molecule has 1 aliphatic rings. The Bertz CT molecular complexity index is 805. The molecule has 2 aromatic rings. The van der Waals surface area contributed by atoms with Gasteiger partial charge in [0.1, 0.15) is 11.3 Å². The molecule has 0 radical (unpaired) electrons. The van der Waals surface area contributed by atoms with Crippen molar-refractivity contribution in [3.05, 3.63) is 51.8 Å². The van der Waals surface area contributed by atoms with Gasteiger partial charge in [-0.1, -0.05) is 0 Å². The van der Waals surface area contributed by atoms with Gasteiger partial charge in [-0.3, -0.25) is 4.79 Å². The van der Waals surface area contributed by atoms with E-state index in [-0.39, 0.29) is 11.7 Å². The van der Waals surface area contributed by atoms with E-state index >= 15 is 0 Å². The second kappa shape index (κ2) is 5.33. The third-order valence-corrected chi connectivity index (χ3v) is 3.70. The van der Waals surface area contributed by atoms with E-state index in [4.69, 9.17) is 9.84 Å². The van der Waals surface area contributed by atoms with Crippen LogP contribution in [0.2, 0.25) is 0 Å². The molecule has 0 saturated heterocycles. The normalized spacial score (nSPS) is 12.7. The number of pyridine rings is 1. The van der Waals surface area contributed by atoms with Crippen LogP contribution in [-0.4, -0.2) is 21.7 Å². The van der Waals surface area contributed by atoms with Crippen LogP contribution in [0.1, 0.15) is 29.8 Å². The molecule has 0 atom stereocenters. The second-order valence-electron chi connectivity index (χ2n) is 5.67. The Balaban J connectivity index is 2.08. The van der Waals surface area contributed by atoms with Crippen LogP contribution >= 0.6 is 0 Å². The maximum absolute atomic E-state index is 11.9. The highest BCUT2D eigenvalue weighted by molar-refractivity contribution is 5.87. The Morgan fingerprint density at radius 1 is 1.32 bits per heavy atom. The minimum Gasteiger partial charge on any atom is -0.491 e. The van der Waals surface area contributed by atoms with E-state index in [0.717, 1.165) is 29.0 Å². The first-order valence-corrected chi connectivity index (χ1v) is 7.23. The summed E-state index contributed by atoms with van der Waals surface area (Å²) in [4.78, 5) is 23.0. The summed E-state index contributed by atoms with van der Waals surface area (Å²) in [6.45, 7) is 4.59. The van der Waals surface area contributed by atoms with E-state index in [9.17, 15) is 9.59 Å². The molecule has 114 valence electrons. The van der Waals surface area contributed by atoms with Gasteiger partial charge < -0.3 is 14.4 Å². The van der Waals surface area contributed by atoms with Crippen LogP contribution < -0.4 is 10.2 Å². The quantitative estimate of drug-likeness (QED) is 0.945. The molecule has 1 aromatic carbocycles. The molecule has 22 heavy (non-hydrogen) atoms. The van der Waals surface area contributed by atoms with Crippen molar-refractivity contribution in [3.63, 3.8) is 0 Å². The number of rotatable bonds is 3. The molecule has 3 rings (SSSR count). The number of benzene rings is 1. The predicted octanol–water partition coefficient (Wildman–Crippen LogP) is 2.56. The largest absolute Gasteiger partial charge is 0.491 e.